The van der Waals surface area contributed by atoms with Crippen LogP contribution in [0.1, 0.15) is 30.0 Å². The zero-order valence-electron chi connectivity index (χ0n) is 11.9. The third-order valence-electron chi connectivity index (χ3n) is 4.46. The molecule has 1 aliphatic heterocycles. The van der Waals surface area contributed by atoms with E-state index in [1.165, 1.54) is 0 Å². The Balaban J connectivity index is 1.85. The molecule has 1 heterocycles. The number of hydrogen-bond acceptors (Lipinski definition) is 3. The first-order chi connectivity index (χ1) is 10.5. The maximum atomic E-state index is 10.8. The molecule has 120 valence electrons. The van der Waals surface area contributed by atoms with Crippen molar-refractivity contribution in [3.8, 4) is 0 Å². The van der Waals surface area contributed by atoms with Crippen molar-refractivity contribution >= 4 is 29.3 Å². The highest BCUT2D eigenvalue weighted by Gasteiger charge is 2.38. The molecular weight excluding hydrogens is 327 g/mol. The van der Waals surface area contributed by atoms with E-state index < -0.39 is 12.2 Å². The molecule has 1 saturated heterocycles. The molecule has 3 atom stereocenters. The lowest BCUT2D eigenvalue weighted by molar-refractivity contribution is 0.0411. The van der Waals surface area contributed by atoms with E-state index in [0.717, 1.165) is 30.5 Å². The zero-order chi connectivity index (χ0) is 15.9. The number of fused-ring (bicyclic) bond motifs is 1. The number of aliphatic hydroxyl groups is 1. The number of aliphatic hydroxyl groups excluding tert-OH is 1. The number of likely N-dealkylation sites (tertiary alicyclic amines) is 1. The Morgan fingerprint density at radius 3 is 2.86 bits per heavy atom. The Labute approximate surface area is 138 Å². The van der Waals surface area contributed by atoms with Crippen LogP contribution < -0.4 is 5.32 Å². The summed E-state index contributed by atoms with van der Waals surface area (Å²) in [5, 5.41) is 23.0. The topological polar surface area (TPSA) is 72.8 Å². The average molecular weight is 345 g/mol. The molecule has 1 amide bonds. The van der Waals surface area contributed by atoms with Crippen LogP contribution in [0.5, 0.6) is 0 Å². The summed E-state index contributed by atoms with van der Waals surface area (Å²) in [5.74, 6) is 0. The van der Waals surface area contributed by atoms with Gasteiger partial charge in [-0.2, -0.15) is 0 Å². The SMILES string of the molecule is O=C(O)N[C@@H]1CCCN([C@@H]2c3cc(Cl)cc(Cl)c3C[C@@H]2O)C1. The lowest BCUT2D eigenvalue weighted by Crippen LogP contribution is -2.49. The summed E-state index contributed by atoms with van der Waals surface area (Å²) in [6.45, 7) is 1.40. The maximum Gasteiger partial charge on any atom is 0.404 e. The summed E-state index contributed by atoms with van der Waals surface area (Å²) in [4.78, 5) is 13.0. The largest absolute Gasteiger partial charge is 0.465 e. The van der Waals surface area contributed by atoms with Gasteiger partial charge in [-0.15, -0.1) is 0 Å². The minimum absolute atomic E-state index is 0.114. The predicted molar refractivity (Wildman–Crippen MR) is 84.7 cm³/mol. The van der Waals surface area contributed by atoms with E-state index in [4.69, 9.17) is 28.3 Å². The number of hydrogen-bond donors (Lipinski definition) is 3. The molecular formula is C15H18Cl2N2O3. The fraction of sp³-hybridized carbons (Fsp3) is 0.533. The number of carboxylic acid groups (broad SMARTS) is 1. The molecule has 3 rings (SSSR count). The summed E-state index contributed by atoms with van der Waals surface area (Å²) < 4.78 is 0. The number of amides is 1. The number of nitrogens with zero attached hydrogens (tertiary/aromatic N) is 1. The van der Waals surface area contributed by atoms with Gasteiger partial charge in [0.2, 0.25) is 0 Å². The smallest absolute Gasteiger partial charge is 0.404 e. The second kappa shape index (κ2) is 6.24. The molecule has 7 heteroatoms. The summed E-state index contributed by atoms with van der Waals surface area (Å²) >= 11 is 12.3. The molecule has 1 aromatic rings. The first kappa shape index (κ1) is 15.9. The van der Waals surface area contributed by atoms with E-state index in [9.17, 15) is 9.90 Å². The van der Waals surface area contributed by atoms with E-state index in [1.54, 1.807) is 6.07 Å². The fourth-order valence-corrected chi connectivity index (χ4v) is 4.21. The Morgan fingerprint density at radius 1 is 1.36 bits per heavy atom. The molecule has 3 N–H and O–H groups in total. The van der Waals surface area contributed by atoms with Crippen LogP contribution >= 0.6 is 23.2 Å². The monoisotopic (exact) mass is 344 g/mol. The second-order valence-electron chi connectivity index (χ2n) is 5.96. The summed E-state index contributed by atoms with van der Waals surface area (Å²) in [6, 6.07) is 3.27. The molecule has 2 aliphatic rings. The standard InChI is InChI=1S/C15H18Cl2N2O3/c16-8-4-11-10(12(17)5-8)6-13(20)14(11)19-3-1-2-9(7-19)18-15(21)22/h4-5,9,13-14,18,20H,1-3,6-7H2,(H,21,22)/t9-,13+,14-/m1/s1. The van der Waals surface area contributed by atoms with Gasteiger partial charge in [0.05, 0.1) is 12.1 Å². The molecule has 5 nitrogen and oxygen atoms in total. The van der Waals surface area contributed by atoms with E-state index in [1.807, 2.05) is 6.07 Å². The molecule has 0 saturated carbocycles. The summed E-state index contributed by atoms with van der Waals surface area (Å²) in [7, 11) is 0. The van der Waals surface area contributed by atoms with Gasteiger partial charge >= 0.3 is 6.09 Å². The quantitative estimate of drug-likeness (QED) is 0.771. The van der Waals surface area contributed by atoms with Crippen LogP contribution in [-0.4, -0.2) is 46.4 Å². The molecule has 0 bridgehead atoms. The van der Waals surface area contributed by atoms with E-state index in [-0.39, 0.29) is 12.1 Å². The molecule has 0 radical (unpaired) electrons. The van der Waals surface area contributed by atoms with Crippen molar-refractivity contribution in [1.82, 2.24) is 10.2 Å². The van der Waals surface area contributed by atoms with Crippen molar-refractivity contribution < 1.29 is 15.0 Å². The van der Waals surface area contributed by atoms with Crippen molar-refractivity contribution in [1.29, 1.82) is 0 Å². The third kappa shape index (κ3) is 3.04. The molecule has 0 spiro atoms. The van der Waals surface area contributed by atoms with Crippen LogP contribution in [0.4, 0.5) is 4.79 Å². The first-order valence-electron chi connectivity index (χ1n) is 7.35. The van der Waals surface area contributed by atoms with Crippen LogP contribution in [0.3, 0.4) is 0 Å². The number of piperidine rings is 1. The third-order valence-corrected chi connectivity index (χ3v) is 5.02. The summed E-state index contributed by atoms with van der Waals surface area (Å²) in [5.41, 5.74) is 1.90. The number of carbonyl (C=O) groups is 1. The van der Waals surface area contributed by atoms with Gasteiger partial charge in [-0.25, -0.2) is 4.79 Å². The van der Waals surface area contributed by atoms with Crippen molar-refractivity contribution in [3.63, 3.8) is 0 Å². The van der Waals surface area contributed by atoms with Crippen molar-refractivity contribution in [2.45, 2.75) is 37.5 Å². The molecule has 1 fully saturated rings. The van der Waals surface area contributed by atoms with Gasteiger partial charge in [0, 0.05) is 29.1 Å². The predicted octanol–water partition coefficient (Wildman–Crippen LogP) is 2.68. The first-order valence-corrected chi connectivity index (χ1v) is 8.10. The van der Waals surface area contributed by atoms with Gasteiger partial charge in [0.15, 0.2) is 0 Å². The highest BCUT2D eigenvalue weighted by molar-refractivity contribution is 6.35. The molecule has 0 unspecified atom stereocenters. The molecule has 1 aliphatic carbocycles. The van der Waals surface area contributed by atoms with Crippen LogP contribution in [-0.2, 0) is 6.42 Å². The van der Waals surface area contributed by atoms with Crippen LogP contribution in [0.2, 0.25) is 10.0 Å². The van der Waals surface area contributed by atoms with Crippen molar-refractivity contribution in [2.24, 2.45) is 0 Å². The lowest BCUT2D eigenvalue weighted by Gasteiger charge is -2.38. The number of rotatable bonds is 2. The normalized spacial score (nSPS) is 28.4. The van der Waals surface area contributed by atoms with Crippen LogP contribution in [0, 0.1) is 0 Å². The zero-order valence-corrected chi connectivity index (χ0v) is 13.4. The maximum absolute atomic E-state index is 10.8. The van der Waals surface area contributed by atoms with Gasteiger partial charge < -0.3 is 15.5 Å². The van der Waals surface area contributed by atoms with Gasteiger partial charge in [0.25, 0.3) is 0 Å². The Bertz CT molecular complexity index is 596. The van der Waals surface area contributed by atoms with E-state index >= 15 is 0 Å². The lowest BCUT2D eigenvalue weighted by atomic mass is 9.99. The Morgan fingerprint density at radius 2 is 2.14 bits per heavy atom. The minimum Gasteiger partial charge on any atom is -0.465 e. The minimum atomic E-state index is -1.01. The second-order valence-corrected chi connectivity index (χ2v) is 6.80. The Kier molecular flexibility index (Phi) is 4.50. The number of halogens is 2. The van der Waals surface area contributed by atoms with Crippen molar-refractivity contribution in [3.05, 3.63) is 33.3 Å². The van der Waals surface area contributed by atoms with Gasteiger partial charge in [0.1, 0.15) is 0 Å². The average Bonchev–Trinajstić information content (AvgIpc) is 2.75. The number of nitrogens with one attached hydrogen (secondary N) is 1. The van der Waals surface area contributed by atoms with Gasteiger partial charge in [-0.3, -0.25) is 4.90 Å². The molecule has 1 aromatic carbocycles. The summed E-state index contributed by atoms with van der Waals surface area (Å²) in [6.07, 6.45) is 0.649. The van der Waals surface area contributed by atoms with Gasteiger partial charge in [-0.1, -0.05) is 23.2 Å². The molecule has 22 heavy (non-hydrogen) atoms. The number of benzene rings is 1. The highest BCUT2D eigenvalue weighted by atomic mass is 35.5. The van der Waals surface area contributed by atoms with Crippen molar-refractivity contribution in [2.75, 3.05) is 13.1 Å². The molecule has 0 aromatic heterocycles. The highest BCUT2D eigenvalue weighted by Crippen LogP contribution is 2.42. The van der Waals surface area contributed by atoms with Crippen LogP contribution in [0.15, 0.2) is 12.1 Å². The van der Waals surface area contributed by atoms with Crippen LogP contribution in [0.25, 0.3) is 0 Å². The fourth-order valence-electron chi connectivity index (χ4n) is 3.62. The van der Waals surface area contributed by atoms with E-state index in [2.05, 4.69) is 10.2 Å². The van der Waals surface area contributed by atoms with Gasteiger partial charge in [-0.05, 0) is 42.6 Å². The Hall–Kier alpha value is -1.01. The van der Waals surface area contributed by atoms with E-state index in [0.29, 0.717) is 23.0 Å².